The van der Waals surface area contributed by atoms with Crippen LogP contribution >= 0.6 is 0 Å². The molecule has 2 saturated carbocycles. The molecule has 4 rings (SSSR count). The Morgan fingerprint density at radius 2 is 1.47 bits per heavy atom. The van der Waals surface area contributed by atoms with Gasteiger partial charge in [-0.25, -0.2) is 4.39 Å². The minimum absolute atomic E-state index is 0.0752. The fraction of sp³-hybridized carbons (Fsp3) is 0.467. The summed E-state index contributed by atoms with van der Waals surface area (Å²) in [6.07, 6.45) is 3.17. The molecule has 1 aromatic rings. The molecule has 0 unspecified atom stereocenters. The average Bonchev–Trinajstić information content (AvgIpc) is 3.06. The zero-order valence-electron chi connectivity index (χ0n) is 10.4. The Hall–Kier alpha value is -1.71. The number of carbonyl (C=O) groups excluding carboxylic acids is 2. The number of imide groups is 1. The Morgan fingerprint density at radius 1 is 0.947 bits per heavy atom. The lowest BCUT2D eigenvalue weighted by molar-refractivity contribution is -0.123. The second-order valence-electron chi connectivity index (χ2n) is 5.87. The van der Waals surface area contributed by atoms with Crippen molar-refractivity contribution in [1.82, 2.24) is 0 Å². The van der Waals surface area contributed by atoms with E-state index in [4.69, 9.17) is 0 Å². The number of amides is 2. The van der Waals surface area contributed by atoms with Crippen molar-refractivity contribution < 1.29 is 14.0 Å². The minimum atomic E-state index is -0.358. The van der Waals surface area contributed by atoms with E-state index in [1.54, 1.807) is 0 Å². The molecule has 19 heavy (non-hydrogen) atoms. The van der Waals surface area contributed by atoms with Crippen molar-refractivity contribution in [1.29, 1.82) is 0 Å². The Balaban J connectivity index is 1.73. The molecule has 2 bridgehead atoms. The van der Waals surface area contributed by atoms with Gasteiger partial charge in [-0.05, 0) is 55.4 Å². The molecule has 1 aliphatic heterocycles. The molecule has 3 aliphatic rings. The van der Waals surface area contributed by atoms with Crippen LogP contribution in [0.4, 0.5) is 10.1 Å². The van der Waals surface area contributed by atoms with E-state index in [9.17, 15) is 14.0 Å². The van der Waals surface area contributed by atoms with Crippen molar-refractivity contribution in [3.05, 3.63) is 30.1 Å². The molecule has 3 nitrogen and oxygen atoms in total. The van der Waals surface area contributed by atoms with Crippen molar-refractivity contribution in [2.45, 2.75) is 19.3 Å². The molecule has 4 heteroatoms. The number of rotatable bonds is 1. The highest BCUT2D eigenvalue weighted by Crippen LogP contribution is 2.56. The Kier molecular flexibility index (Phi) is 2.14. The van der Waals surface area contributed by atoms with Crippen molar-refractivity contribution in [3.8, 4) is 0 Å². The van der Waals surface area contributed by atoms with E-state index >= 15 is 0 Å². The second kappa shape index (κ2) is 3.65. The van der Waals surface area contributed by atoms with E-state index in [1.165, 1.54) is 29.2 Å². The normalized spacial score (nSPS) is 36.2. The summed E-state index contributed by atoms with van der Waals surface area (Å²) < 4.78 is 12.9. The number of anilines is 1. The van der Waals surface area contributed by atoms with Crippen molar-refractivity contribution in [2.24, 2.45) is 23.7 Å². The molecule has 1 heterocycles. The van der Waals surface area contributed by atoms with Gasteiger partial charge in [-0.2, -0.15) is 0 Å². The zero-order chi connectivity index (χ0) is 13.1. The topological polar surface area (TPSA) is 37.4 Å². The van der Waals surface area contributed by atoms with Crippen LogP contribution in [0.3, 0.4) is 0 Å². The minimum Gasteiger partial charge on any atom is -0.274 e. The number of hydrogen-bond acceptors (Lipinski definition) is 2. The van der Waals surface area contributed by atoms with E-state index in [2.05, 4.69) is 0 Å². The molecule has 0 radical (unpaired) electrons. The molecule has 1 saturated heterocycles. The van der Waals surface area contributed by atoms with Crippen LogP contribution in [0.25, 0.3) is 0 Å². The van der Waals surface area contributed by atoms with E-state index in [0.29, 0.717) is 17.5 Å². The summed E-state index contributed by atoms with van der Waals surface area (Å²) in [7, 11) is 0. The molecule has 2 aliphatic carbocycles. The number of fused-ring (bicyclic) bond motifs is 5. The molecular weight excluding hydrogens is 245 g/mol. The lowest BCUT2D eigenvalue weighted by atomic mass is 9.81. The predicted octanol–water partition coefficient (Wildman–Crippen LogP) is 2.36. The lowest BCUT2D eigenvalue weighted by Crippen LogP contribution is -2.32. The summed E-state index contributed by atoms with van der Waals surface area (Å²) >= 11 is 0. The smallest absolute Gasteiger partial charge is 0.237 e. The van der Waals surface area contributed by atoms with Gasteiger partial charge in [-0.3, -0.25) is 14.5 Å². The molecule has 3 fully saturated rings. The zero-order valence-corrected chi connectivity index (χ0v) is 10.4. The maximum atomic E-state index is 12.9. The van der Waals surface area contributed by atoms with Gasteiger partial charge in [0.2, 0.25) is 11.8 Å². The first-order valence-corrected chi connectivity index (χ1v) is 6.80. The van der Waals surface area contributed by atoms with Crippen molar-refractivity contribution in [2.75, 3.05) is 4.90 Å². The third kappa shape index (κ3) is 1.37. The van der Waals surface area contributed by atoms with Crippen LogP contribution in [0.5, 0.6) is 0 Å². The van der Waals surface area contributed by atoms with Crippen LogP contribution in [0.2, 0.25) is 0 Å². The van der Waals surface area contributed by atoms with Crippen molar-refractivity contribution in [3.63, 3.8) is 0 Å². The number of halogens is 1. The third-order valence-electron chi connectivity index (χ3n) is 5.01. The Bertz CT molecular complexity index is 540. The largest absolute Gasteiger partial charge is 0.274 e. The Labute approximate surface area is 110 Å². The van der Waals surface area contributed by atoms with Crippen LogP contribution < -0.4 is 4.90 Å². The third-order valence-corrected chi connectivity index (χ3v) is 5.01. The second-order valence-corrected chi connectivity index (χ2v) is 5.87. The number of hydrogen-bond donors (Lipinski definition) is 0. The molecule has 0 spiro atoms. The first kappa shape index (κ1) is 11.1. The van der Waals surface area contributed by atoms with E-state index in [0.717, 1.165) is 19.3 Å². The van der Waals surface area contributed by atoms with Gasteiger partial charge < -0.3 is 0 Å². The lowest BCUT2D eigenvalue weighted by Gasteiger charge is -2.19. The molecular formula is C15H14FNO2. The molecule has 2 amide bonds. The van der Waals surface area contributed by atoms with Crippen LogP contribution in [-0.2, 0) is 9.59 Å². The molecule has 0 aromatic heterocycles. The van der Waals surface area contributed by atoms with Crippen LogP contribution in [0.15, 0.2) is 24.3 Å². The van der Waals surface area contributed by atoms with Gasteiger partial charge in [0.1, 0.15) is 5.82 Å². The molecule has 98 valence electrons. The molecule has 1 aromatic carbocycles. The quantitative estimate of drug-likeness (QED) is 0.726. The summed E-state index contributed by atoms with van der Waals surface area (Å²) in [5.74, 6) is 0.0344. The summed E-state index contributed by atoms with van der Waals surface area (Å²) in [6, 6.07) is 5.60. The highest BCUT2D eigenvalue weighted by Gasteiger charge is 2.61. The van der Waals surface area contributed by atoms with Crippen LogP contribution in [0, 0.1) is 29.5 Å². The summed E-state index contributed by atoms with van der Waals surface area (Å²) in [6.45, 7) is 0. The van der Waals surface area contributed by atoms with Gasteiger partial charge in [0.05, 0.1) is 17.5 Å². The summed E-state index contributed by atoms with van der Waals surface area (Å²) in [4.78, 5) is 26.2. The highest BCUT2D eigenvalue weighted by molar-refractivity contribution is 6.22. The van der Waals surface area contributed by atoms with E-state index in [-0.39, 0.29) is 29.5 Å². The molecule has 4 atom stereocenters. The first-order valence-electron chi connectivity index (χ1n) is 6.80. The summed E-state index contributed by atoms with van der Waals surface area (Å²) in [5, 5.41) is 0. The van der Waals surface area contributed by atoms with E-state index < -0.39 is 0 Å². The highest BCUT2D eigenvalue weighted by atomic mass is 19.1. The summed E-state index contributed by atoms with van der Waals surface area (Å²) in [5.41, 5.74) is 0.505. The fourth-order valence-corrected chi connectivity index (χ4v) is 4.25. The molecule has 0 N–H and O–H groups in total. The fourth-order valence-electron chi connectivity index (χ4n) is 4.25. The van der Waals surface area contributed by atoms with Crippen LogP contribution in [-0.4, -0.2) is 11.8 Å². The number of benzene rings is 1. The SMILES string of the molecule is O=C1[C@H]2[C@H]3CC[C@@H](C3)[C@@H]2C(=O)N1c1ccc(F)cc1. The number of nitrogens with zero attached hydrogens (tertiary/aromatic N) is 1. The van der Waals surface area contributed by atoms with Gasteiger partial charge in [-0.1, -0.05) is 0 Å². The van der Waals surface area contributed by atoms with Gasteiger partial charge in [0.25, 0.3) is 0 Å². The number of carbonyl (C=O) groups is 2. The van der Waals surface area contributed by atoms with Gasteiger partial charge in [0.15, 0.2) is 0 Å². The maximum absolute atomic E-state index is 12.9. The van der Waals surface area contributed by atoms with Crippen molar-refractivity contribution >= 4 is 17.5 Å². The van der Waals surface area contributed by atoms with E-state index in [1.807, 2.05) is 0 Å². The Morgan fingerprint density at radius 3 is 2.00 bits per heavy atom. The first-order chi connectivity index (χ1) is 9.16. The predicted molar refractivity (Wildman–Crippen MR) is 66.7 cm³/mol. The standard InChI is InChI=1S/C15H14FNO2/c16-10-3-5-11(6-4-10)17-14(18)12-8-1-2-9(7-8)13(12)15(17)19/h3-6,8-9,12-13H,1-2,7H2/t8-,9-,12-,13-/m0/s1. The van der Waals surface area contributed by atoms with Gasteiger partial charge in [-0.15, -0.1) is 0 Å². The van der Waals surface area contributed by atoms with Gasteiger partial charge in [0, 0.05) is 0 Å². The van der Waals surface area contributed by atoms with Crippen LogP contribution in [0.1, 0.15) is 19.3 Å². The van der Waals surface area contributed by atoms with Gasteiger partial charge >= 0.3 is 0 Å². The monoisotopic (exact) mass is 259 g/mol. The average molecular weight is 259 g/mol. The maximum Gasteiger partial charge on any atom is 0.237 e.